The molecular weight excluding hydrogens is 340 g/mol. The number of aromatic nitrogens is 1. The smallest absolute Gasteiger partial charge is 0.250 e. The number of ketones is 1. The molecule has 2 heterocycles. The summed E-state index contributed by atoms with van der Waals surface area (Å²) in [5.41, 5.74) is 1.07. The minimum atomic E-state index is -0.0992. The SMILES string of the molecule is O=C(CCc1ccccc1)C1CCCN(C(=O)CCn2ccccc2=O)C1. The van der Waals surface area contributed by atoms with Gasteiger partial charge in [0.1, 0.15) is 5.78 Å². The number of likely N-dealkylation sites (tertiary alicyclic amines) is 1. The molecule has 1 amide bonds. The van der Waals surface area contributed by atoms with E-state index < -0.39 is 0 Å². The van der Waals surface area contributed by atoms with Gasteiger partial charge in [0, 0.05) is 50.7 Å². The van der Waals surface area contributed by atoms with E-state index in [1.165, 1.54) is 11.6 Å². The number of aryl methyl sites for hydroxylation is 2. The fourth-order valence-corrected chi connectivity index (χ4v) is 3.60. The largest absolute Gasteiger partial charge is 0.342 e. The van der Waals surface area contributed by atoms with Gasteiger partial charge in [0.25, 0.3) is 5.56 Å². The maximum absolute atomic E-state index is 12.6. The number of rotatable bonds is 7. The molecule has 2 aromatic rings. The third kappa shape index (κ3) is 5.39. The lowest BCUT2D eigenvalue weighted by Crippen LogP contribution is -2.42. The van der Waals surface area contributed by atoms with E-state index in [0.29, 0.717) is 26.1 Å². The normalized spacial score (nSPS) is 16.9. The van der Waals surface area contributed by atoms with Gasteiger partial charge in [-0.1, -0.05) is 36.4 Å². The van der Waals surface area contributed by atoms with Crippen LogP contribution in [0.4, 0.5) is 0 Å². The van der Waals surface area contributed by atoms with Gasteiger partial charge in [0.2, 0.25) is 5.91 Å². The van der Waals surface area contributed by atoms with Gasteiger partial charge in [-0.2, -0.15) is 0 Å². The summed E-state index contributed by atoms with van der Waals surface area (Å²) >= 11 is 0. The van der Waals surface area contributed by atoms with E-state index in [9.17, 15) is 14.4 Å². The topological polar surface area (TPSA) is 59.4 Å². The van der Waals surface area contributed by atoms with Crippen LogP contribution in [-0.2, 0) is 22.6 Å². The summed E-state index contributed by atoms with van der Waals surface area (Å²) < 4.78 is 1.55. The van der Waals surface area contributed by atoms with Gasteiger partial charge < -0.3 is 9.47 Å². The van der Waals surface area contributed by atoms with Gasteiger partial charge >= 0.3 is 0 Å². The zero-order chi connectivity index (χ0) is 19.1. The molecule has 27 heavy (non-hydrogen) atoms. The van der Waals surface area contributed by atoms with Crippen molar-refractivity contribution in [1.29, 1.82) is 0 Å². The molecule has 3 rings (SSSR count). The van der Waals surface area contributed by atoms with Crippen LogP contribution in [0.2, 0.25) is 0 Å². The first-order chi connectivity index (χ1) is 13.1. The molecule has 1 aromatic heterocycles. The highest BCUT2D eigenvalue weighted by Gasteiger charge is 2.27. The van der Waals surface area contributed by atoms with Crippen molar-refractivity contribution in [2.75, 3.05) is 13.1 Å². The quantitative estimate of drug-likeness (QED) is 0.757. The third-order valence-electron chi connectivity index (χ3n) is 5.20. The van der Waals surface area contributed by atoms with Crippen molar-refractivity contribution >= 4 is 11.7 Å². The Balaban J connectivity index is 1.49. The first-order valence-corrected chi connectivity index (χ1v) is 9.63. The van der Waals surface area contributed by atoms with E-state index in [2.05, 4.69) is 0 Å². The Hall–Kier alpha value is -2.69. The van der Waals surface area contributed by atoms with Gasteiger partial charge in [-0.25, -0.2) is 0 Å². The average molecular weight is 366 g/mol. The molecule has 0 saturated carbocycles. The van der Waals surface area contributed by atoms with Gasteiger partial charge in [0.15, 0.2) is 0 Å². The minimum Gasteiger partial charge on any atom is -0.342 e. The molecule has 0 N–H and O–H groups in total. The van der Waals surface area contributed by atoms with E-state index in [1.54, 1.807) is 27.8 Å². The molecule has 1 fully saturated rings. The maximum Gasteiger partial charge on any atom is 0.250 e. The Morgan fingerprint density at radius 3 is 2.56 bits per heavy atom. The molecule has 1 aliphatic rings. The standard InChI is InChI=1S/C22H26N2O3/c25-20(12-11-18-7-2-1-3-8-18)19-9-6-15-24(17-19)22(27)13-16-23-14-5-4-10-21(23)26/h1-5,7-8,10,14,19H,6,9,11-13,15-17H2. The van der Waals surface area contributed by atoms with Crippen LogP contribution >= 0.6 is 0 Å². The van der Waals surface area contributed by atoms with E-state index in [1.807, 2.05) is 30.3 Å². The van der Waals surface area contributed by atoms with Crippen LogP contribution in [0.1, 0.15) is 31.2 Å². The van der Waals surface area contributed by atoms with Gasteiger partial charge in [-0.3, -0.25) is 14.4 Å². The summed E-state index contributed by atoms with van der Waals surface area (Å²) in [7, 11) is 0. The third-order valence-corrected chi connectivity index (χ3v) is 5.20. The van der Waals surface area contributed by atoms with Crippen molar-refractivity contribution in [1.82, 2.24) is 9.47 Å². The first kappa shape index (κ1) is 19.1. The molecule has 142 valence electrons. The zero-order valence-electron chi connectivity index (χ0n) is 15.5. The molecule has 1 unspecified atom stereocenters. The Bertz CT molecular complexity index is 829. The van der Waals surface area contributed by atoms with Gasteiger partial charge in [0.05, 0.1) is 0 Å². The van der Waals surface area contributed by atoms with Gasteiger partial charge in [-0.15, -0.1) is 0 Å². The number of amides is 1. The first-order valence-electron chi connectivity index (χ1n) is 9.63. The molecule has 1 saturated heterocycles. The Kier molecular flexibility index (Phi) is 6.58. The van der Waals surface area contributed by atoms with Crippen molar-refractivity contribution < 1.29 is 9.59 Å². The van der Waals surface area contributed by atoms with Crippen molar-refractivity contribution in [3.63, 3.8) is 0 Å². The number of hydrogen-bond donors (Lipinski definition) is 0. The summed E-state index contributed by atoms with van der Waals surface area (Å²) in [6.07, 6.45) is 4.97. The Morgan fingerprint density at radius 2 is 1.78 bits per heavy atom. The van der Waals surface area contributed by atoms with Crippen LogP contribution < -0.4 is 5.56 Å². The Morgan fingerprint density at radius 1 is 1.00 bits per heavy atom. The fourth-order valence-electron chi connectivity index (χ4n) is 3.60. The lowest BCUT2D eigenvalue weighted by atomic mass is 9.90. The van der Waals surface area contributed by atoms with Crippen LogP contribution in [0.25, 0.3) is 0 Å². The predicted molar refractivity (Wildman–Crippen MR) is 104 cm³/mol. The molecule has 0 radical (unpaired) electrons. The van der Waals surface area contributed by atoms with Crippen LogP contribution in [0, 0.1) is 5.92 Å². The van der Waals surface area contributed by atoms with Crippen LogP contribution in [-0.4, -0.2) is 34.2 Å². The number of pyridine rings is 1. The van der Waals surface area contributed by atoms with E-state index >= 15 is 0 Å². The summed E-state index contributed by atoms with van der Waals surface area (Å²) in [6, 6.07) is 15.0. The number of nitrogens with zero attached hydrogens (tertiary/aromatic N) is 2. The second-order valence-electron chi connectivity index (χ2n) is 7.11. The van der Waals surface area contributed by atoms with Crippen molar-refractivity contribution in [3.8, 4) is 0 Å². The summed E-state index contributed by atoms with van der Waals surface area (Å²) in [5.74, 6) is 0.202. The van der Waals surface area contributed by atoms with Crippen LogP contribution in [0.15, 0.2) is 59.5 Å². The highest BCUT2D eigenvalue weighted by atomic mass is 16.2. The number of carbonyl (C=O) groups is 2. The zero-order valence-corrected chi connectivity index (χ0v) is 15.5. The maximum atomic E-state index is 12.6. The number of benzene rings is 1. The monoisotopic (exact) mass is 366 g/mol. The van der Waals surface area contributed by atoms with E-state index in [4.69, 9.17) is 0 Å². The number of Topliss-reactive ketones (excluding diaryl/α,β-unsaturated/α-hetero) is 1. The van der Waals surface area contributed by atoms with Crippen LogP contribution in [0.5, 0.6) is 0 Å². The number of hydrogen-bond acceptors (Lipinski definition) is 3. The lowest BCUT2D eigenvalue weighted by Gasteiger charge is -2.32. The van der Waals surface area contributed by atoms with Gasteiger partial charge in [-0.05, 0) is 30.9 Å². The number of piperidine rings is 1. The summed E-state index contributed by atoms with van der Waals surface area (Å²) in [5, 5.41) is 0. The molecule has 0 spiro atoms. The summed E-state index contributed by atoms with van der Waals surface area (Å²) in [6.45, 7) is 1.59. The summed E-state index contributed by atoms with van der Waals surface area (Å²) in [4.78, 5) is 38.6. The van der Waals surface area contributed by atoms with E-state index in [-0.39, 0.29) is 29.6 Å². The second kappa shape index (κ2) is 9.31. The molecule has 1 aromatic carbocycles. The van der Waals surface area contributed by atoms with Crippen molar-refractivity contribution in [2.45, 2.75) is 38.6 Å². The molecular formula is C22H26N2O3. The minimum absolute atomic E-state index is 0.0197. The van der Waals surface area contributed by atoms with Crippen molar-refractivity contribution in [2.24, 2.45) is 5.92 Å². The predicted octanol–water partition coefficient (Wildman–Crippen LogP) is 2.68. The molecule has 5 nitrogen and oxygen atoms in total. The van der Waals surface area contributed by atoms with Crippen LogP contribution in [0.3, 0.4) is 0 Å². The van der Waals surface area contributed by atoms with E-state index in [0.717, 1.165) is 19.3 Å². The molecule has 0 bridgehead atoms. The highest BCUT2D eigenvalue weighted by molar-refractivity contribution is 5.83. The number of carbonyl (C=O) groups excluding carboxylic acids is 2. The van der Waals surface area contributed by atoms with Crippen molar-refractivity contribution in [3.05, 3.63) is 70.6 Å². The lowest BCUT2D eigenvalue weighted by molar-refractivity contribution is -0.135. The fraction of sp³-hybridized carbons (Fsp3) is 0.409. The average Bonchev–Trinajstić information content (AvgIpc) is 2.72. The molecule has 1 atom stereocenters. The molecule has 1 aliphatic heterocycles. The molecule has 0 aliphatic carbocycles. The Labute approximate surface area is 159 Å². The highest BCUT2D eigenvalue weighted by Crippen LogP contribution is 2.20. The second-order valence-corrected chi connectivity index (χ2v) is 7.11. The molecule has 5 heteroatoms.